The van der Waals surface area contributed by atoms with Gasteiger partial charge in [0.1, 0.15) is 6.04 Å². The second-order valence-corrected chi connectivity index (χ2v) is 5.02. The molecule has 0 radical (unpaired) electrons. The van der Waals surface area contributed by atoms with Crippen LogP contribution in [0.3, 0.4) is 0 Å². The highest BCUT2D eigenvalue weighted by Gasteiger charge is 2.21. The third kappa shape index (κ3) is 5.17. The molecule has 2 unspecified atom stereocenters. The monoisotopic (exact) mass is 241 g/mol. The molecule has 0 aromatic rings. The van der Waals surface area contributed by atoms with Gasteiger partial charge in [-0.05, 0) is 46.2 Å². The Balaban J connectivity index is 2.26. The van der Waals surface area contributed by atoms with Crippen LogP contribution in [0, 0.1) is 5.92 Å². The number of carbonyl (C=O) groups is 2. The number of hydrogen-bond acceptors (Lipinski definition) is 3. The molecule has 3 N–H and O–H groups in total. The van der Waals surface area contributed by atoms with Crippen molar-refractivity contribution in [3.63, 3.8) is 0 Å². The van der Waals surface area contributed by atoms with Crippen molar-refractivity contribution in [2.75, 3.05) is 13.1 Å². The summed E-state index contributed by atoms with van der Waals surface area (Å²) in [5, 5.41) is 8.73. The molecule has 17 heavy (non-hydrogen) atoms. The van der Waals surface area contributed by atoms with Gasteiger partial charge in [0.25, 0.3) is 0 Å². The summed E-state index contributed by atoms with van der Waals surface area (Å²) in [6.45, 7) is 7.40. The quantitative estimate of drug-likeness (QED) is 0.635. The summed E-state index contributed by atoms with van der Waals surface area (Å²) in [7, 11) is 0. The maximum atomic E-state index is 11.7. The van der Waals surface area contributed by atoms with Crippen molar-refractivity contribution in [1.29, 1.82) is 0 Å². The lowest BCUT2D eigenvalue weighted by Gasteiger charge is -2.17. The van der Waals surface area contributed by atoms with Crippen LogP contribution in [-0.2, 0) is 9.59 Å². The average molecular weight is 241 g/mol. The number of nitrogens with one attached hydrogen (secondary N) is 3. The van der Waals surface area contributed by atoms with Crippen molar-refractivity contribution in [3.8, 4) is 0 Å². The Hall–Kier alpha value is -1.10. The highest BCUT2D eigenvalue weighted by molar-refractivity contribution is 5.87. The zero-order valence-corrected chi connectivity index (χ0v) is 10.9. The van der Waals surface area contributed by atoms with Gasteiger partial charge in [0.2, 0.25) is 11.8 Å². The number of carbonyl (C=O) groups excluding carboxylic acids is 2. The van der Waals surface area contributed by atoms with E-state index in [1.54, 1.807) is 6.92 Å². The van der Waals surface area contributed by atoms with Gasteiger partial charge in [0.15, 0.2) is 0 Å². The van der Waals surface area contributed by atoms with Crippen LogP contribution in [0.25, 0.3) is 0 Å². The Morgan fingerprint density at radius 1 is 1.29 bits per heavy atom. The predicted octanol–water partition coefficient (Wildman–Crippen LogP) is 0.0153. The van der Waals surface area contributed by atoms with Gasteiger partial charge >= 0.3 is 0 Å². The Morgan fingerprint density at radius 3 is 2.53 bits per heavy atom. The van der Waals surface area contributed by atoms with Crippen LogP contribution in [0.1, 0.15) is 33.6 Å². The zero-order chi connectivity index (χ0) is 12.8. The van der Waals surface area contributed by atoms with Crippen molar-refractivity contribution in [1.82, 2.24) is 16.0 Å². The van der Waals surface area contributed by atoms with Crippen molar-refractivity contribution >= 4 is 11.8 Å². The van der Waals surface area contributed by atoms with E-state index in [1.165, 1.54) is 0 Å². The van der Waals surface area contributed by atoms with Gasteiger partial charge in [0, 0.05) is 12.5 Å². The smallest absolute Gasteiger partial charge is 0.242 e. The van der Waals surface area contributed by atoms with Crippen LogP contribution in [-0.4, -0.2) is 37.0 Å². The van der Waals surface area contributed by atoms with E-state index in [0.717, 1.165) is 19.5 Å². The molecule has 5 heteroatoms. The molecular weight excluding hydrogens is 218 g/mol. The van der Waals surface area contributed by atoms with E-state index in [2.05, 4.69) is 16.0 Å². The molecule has 1 fully saturated rings. The molecule has 0 spiro atoms. The van der Waals surface area contributed by atoms with Crippen LogP contribution >= 0.6 is 0 Å². The molecular formula is C12H23N3O2. The summed E-state index contributed by atoms with van der Waals surface area (Å²) in [5.74, 6) is 0.248. The Labute approximate surface area is 103 Å². The molecule has 2 atom stereocenters. The summed E-state index contributed by atoms with van der Waals surface area (Å²) in [5.41, 5.74) is 0. The Morgan fingerprint density at radius 2 is 2.00 bits per heavy atom. The van der Waals surface area contributed by atoms with Crippen LogP contribution in [0.2, 0.25) is 0 Å². The van der Waals surface area contributed by atoms with Crippen LogP contribution in [0.15, 0.2) is 0 Å². The highest BCUT2D eigenvalue weighted by atomic mass is 16.2. The molecule has 1 aliphatic heterocycles. The van der Waals surface area contributed by atoms with E-state index < -0.39 is 6.04 Å². The molecule has 0 aliphatic carbocycles. The van der Waals surface area contributed by atoms with Gasteiger partial charge in [-0.2, -0.15) is 0 Å². The molecule has 5 nitrogen and oxygen atoms in total. The highest BCUT2D eigenvalue weighted by Crippen LogP contribution is 2.11. The normalized spacial score (nSPS) is 21.3. The minimum Gasteiger partial charge on any atom is -0.352 e. The summed E-state index contributed by atoms with van der Waals surface area (Å²) in [4.78, 5) is 23.3. The Kier molecular flexibility index (Phi) is 5.41. The lowest BCUT2D eigenvalue weighted by Crippen LogP contribution is -2.47. The standard InChI is InChI=1S/C12H23N3O2/c1-8(2)14-12(17)9(3)15-11(16)6-10-4-5-13-7-10/h8-10,13H,4-7H2,1-3H3,(H,14,17)(H,15,16). The lowest BCUT2D eigenvalue weighted by atomic mass is 10.0. The maximum absolute atomic E-state index is 11.7. The maximum Gasteiger partial charge on any atom is 0.242 e. The van der Waals surface area contributed by atoms with Crippen LogP contribution < -0.4 is 16.0 Å². The molecule has 1 saturated heterocycles. The summed E-state index contributed by atoms with van der Waals surface area (Å²) in [6.07, 6.45) is 1.55. The third-order valence-corrected chi connectivity index (χ3v) is 2.84. The first-order chi connectivity index (χ1) is 7.99. The molecule has 1 heterocycles. The second-order valence-electron chi connectivity index (χ2n) is 5.02. The molecule has 98 valence electrons. The first kappa shape index (κ1) is 14.0. The van der Waals surface area contributed by atoms with Crippen LogP contribution in [0.4, 0.5) is 0 Å². The minimum atomic E-state index is -0.459. The van der Waals surface area contributed by atoms with Gasteiger partial charge in [0.05, 0.1) is 0 Å². The van der Waals surface area contributed by atoms with Crippen LogP contribution in [0.5, 0.6) is 0 Å². The summed E-state index contributed by atoms with van der Waals surface area (Å²) in [6, 6.07) is -0.361. The molecule has 0 saturated carbocycles. The fraction of sp³-hybridized carbons (Fsp3) is 0.833. The average Bonchev–Trinajstić information content (AvgIpc) is 2.68. The largest absolute Gasteiger partial charge is 0.352 e. The first-order valence-corrected chi connectivity index (χ1v) is 6.29. The van der Waals surface area contributed by atoms with Crippen molar-refractivity contribution in [3.05, 3.63) is 0 Å². The summed E-state index contributed by atoms with van der Waals surface area (Å²) < 4.78 is 0. The van der Waals surface area contributed by atoms with E-state index in [4.69, 9.17) is 0 Å². The molecule has 0 aromatic heterocycles. The number of hydrogen-bond donors (Lipinski definition) is 3. The molecule has 0 bridgehead atoms. The predicted molar refractivity (Wildman–Crippen MR) is 66.5 cm³/mol. The Bertz CT molecular complexity index is 273. The van der Waals surface area contributed by atoms with E-state index in [-0.39, 0.29) is 17.9 Å². The molecule has 0 aromatic carbocycles. The fourth-order valence-electron chi connectivity index (χ4n) is 1.93. The van der Waals surface area contributed by atoms with Gasteiger partial charge in [-0.3, -0.25) is 9.59 Å². The van der Waals surface area contributed by atoms with Crippen molar-refractivity contribution in [2.45, 2.75) is 45.7 Å². The van der Waals surface area contributed by atoms with Gasteiger partial charge in [-0.1, -0.05) is 0 Å². The van der Waals surface area contributed by atoms with Gasteiger partial charge in [-0.15, -0.1) is 0 Å². The molecule has 1 rings (SSSR count). The van der Waals surface area contributed by atoms with E-state index in [9.17, 15) is 9.59 Å². The zero-order valence-electron chi connectivity index (χ0n) is 10.9. The fourth-order valence-corrected chi connectivity index (χ4v) is 1.93. The first-order valence-electron chi connectivity index (χ1n) is 6.29. The number of rotatable bonds is 5. The minimum absolute atomic E-state index is 0.0369. The number of amides is 2. The van der Waals surface area contributed by atoms with E-state index in [1.807, 2.05) is 13.8 Å². The van der Waals surface area contributed by atoms with Gasteiger partial charge in [-0.25, -0.2) is 0 Å². The molecule has 1 aliphatic rings. The van der Waals surface area contributed by atoms with E-state index in [0.29, 0.717) is 12.3 Å². The second kappa shape index (κ2) is 6.59. The summed E-state index contributed by atoms with van der Waals surface area (Å²) >= 11 is 0. The van der Waals surface area contributed by atoms with Crippen molar-refractivity contribution in [2.24, 2.45) is 5.92 Å². The topological polar surface area (TPSA) is 70.2 Å². The third-order valence-electron chi connectivity index (χ3n) is 2.84. The van der Waals surface area contributed by atoms with Crippen molar-refractivity contribution < 1.29 is 9.59 Å². The lowest BCUT2D eigenvalue weighted by molar-refractivity contribution is -0.129. The molecule has 2 amide bonds. The van der Waals surface area contributed by atoms with E-state index >= 15 is 0 Å². The van der Waals surface area contributed by atoms with Gasteiger partial charge < -0.3 is 16.0 Å². The SMILES string of the molecule is CC(C)NC(=O)C(C)NC(=O)CC1CCNC1.